The number of benzene rings is 2. The highest BCUT2D eigenvalue weighted by molar-refractivity contribution is 6.30. The number of aryl methyl sites for hydroxylation is 2. The molecular weight excluding hydrogens is 360 g/mol. The average Bonchev–Trinajstić information content (AvgIpc) is 2.97. The van der Waals surface area contributed by atoms with Crippen LogP contribution in [0.3, 0.4) is 0 Å². The van der Waals surface area contributed by atoms with Crippen molar-refractivity contribution in [3.63, 3.8) is 0 Å². The van der Waals surface area contributed by atoms with E-state index in [-0.39, 0.29) is 5.91 Å². The van der Waals surface area contributed by atoms with Crippen LogP contribution in [0, 0.1) is 6.92 Å². The van der Waals surface area contributed by atoms with Crippen molar-refractivity contribution < 1.29 is 4.79 Å². The van der Waals surface area contributed by atoms with Crippen LogP contribution in [0.15, 0.2) is 48.5 Å². The van der Waals surface area contributed by atoms with E-state index in [0.717, 1.165) is 40.5 Å². The van der Waals surface area contributed by atoms with Crippen LogP contribution < -0.4 is 5.32 Å². The molecule has 0 fully saturated rings. The second kappa shape index (κ2) is 7.00. The fourth-order valence-electron chi connectivity index (χ4n) is 3.12. The molecule has 6 heteroatoms. The monoisotopic (exact) mass is 378 g/mol. The zero-order valence-electron chi connectivity index (χ0n) is 15.2. The van der Waals surface area contributed by atoms with Gasteiger partial charge in [0.1, 0.15) is 0 Å². The first-order valence-electron chi connectivity index (χ1n) is 8.90. The lowest BCUT2D eigenvalue weighted by molar-refractivity contribution is 0.102. The highest BCUT2D eigenvalue weighted by atomic mass is 35.5. The van der Waals surface area contributed by atoms with Crippen LogP contribution in [0.5, 0.6) is 0 Å². The van der Waals surface area contributed by atoms with Crippen molar-refractivity contribution in [1.82, 2.24) is 14.8 Å². The first-order chi connectivity index (χ1) is 13.0. The van der Waals surface area contributed by atoms with Gasteiger partial charge in [0.15, 0.2) is 11.5 Å². The summed E-state index contributed by atoms with van der Waals surface area (Å²) in [5.74, 6) is 0.299. The average molecular weight is 379 g/mol. The zero-order valence-corrected chi connectivity index (χ0v) is 15.9. The van der Waals surface area contributed by atoms with Crippen molar-refractivity contribution in [3.8, 4) is 0 Å². The molecule has 1 amide bonds. The van der Waals surface area contributed by atoms with E-state index in [1.165, 1.54) is 0 Å². The van der Waals surface area contributed by atoms with E-state index in [1.807, 2.05) is 29.8 Å². The number of anilines is 1. The van der Waals surface area contributed by atoms with Crippen molar-refractivity contribution in [2.75, 3.05) is 5.32 Å². The number of hydrogen-bond donors (Lipinski definition) is 1. The van der Waals surface area contributed by atoms with Crippen LogP contribution in [0.1, 0.15) is 29.3 Å². The predicted molar refractivity (Wildman–Crippen MR) is 109 cm³/mol. The summed E-state index contributed by atoms with van der Waals surface area (Å²) < 4.78 is 1.85. The largest absolute Gasteiger partial charge is 0.305 e. The molecule has 136 valence electrons. The fraction of sp³-hybridized carbons (Fsp3) is 0.190. The topological polar surface area (TPSA) is 59.8 Å². The van der Waals surface area contributed by atoms with Gasteiger partial charge in [0.2, 0.25) is 0 Å². The van der Waals surface area contributed by atoms with Crippen LogP contribution in [-0.4, -0.2) is 20.7 Å². The number of pyridine rings is 1. The van der Waals surface area contributed by atoms with Gasteiger partial charge in [-0.2, -0.15) is 5.10 Å². The predicted octanol–water partition coefficient (Wildman–Crippen LogP) is 5.21. The number of aromatic nitrogens is 3. The molecule has 0 spiro atoms. The molecule has 2 aromatic carbocycles. The van der Waals surface area contributed by atoms with Crippen LogP contribution in [0.25, 0.3) is 21.9 Å². The van der Waals surface area contributed by atoms with Gasteiger partial charge in [-0.25, -0.2) is 9.67 Å². The molecule has 0 bridgehead atoms. The Morgan fingerprint density at radius 3 is 2.67 bits per heavy atom. The second-order valence-corrected chi connectivity index (χ2v) is 7.02. The summed E-state index contributed by atoms with van der Waals surface area (Å²) in [4.78, 5) is 17.4. The number of nitrogens with zero attached hydrogens (tertiary/aromatic N) is 3. The highest BCUT2D eigenvalue weighted by Crippen LogP contribution is 2.27. The van der Waals surface area contributed by atoms with Crippen LogP contribution in [0.4, 0.5) is 5.82 Å². The van der Waals surface area contributed by atoms with Gasteiger partial charge in [-0.3, -0.25) is 4.79 Å². The number of rotatable bonds is 4. The number of fused-ring (bicyclic) bond motifs is 2. The van der Waals surface area contributed by atoms with E-state index in [9.17, 15) is 4.79 Å². The Labute approximate surface area is 162 Å². The third kappa shape index (κ3) is 3.38. The van der Waals surface area contributed by atoms with Gasteiger partial charge in [-0.05, 0) is 55.8 Å². The molecule has 0 aliphatic rings. The van der Waals surface area contributed by atoms with Crippen molar-refractivity contribution in [3.05, 3.63) is 64.7 Å². The summed E-state index contributed by atoms with van der Waals surface area (Å²) in [5.41, 5.74) is 3.39. The van der Waals surface area contributed by atoms with Gasteiger partial charge in [-0.1, -0.05) is 30.2 Å². The van der Waals surface area contributed by atoms with E-state index < -0.39 is 0 Å². The molecule has 0 saturated heterocycles. The Morgan fingerprint density at radius 1 is 1.15 bits per heavy atom. The fourth-order valence-corrected chi connectivity index (χ4v) is 3.25. The quantitative estimate of drug-likeness (QED) is 0.530. The molecule has 27 heavy (non-hydrogen) atoms. The Balaban J connectivity index is 1.81. The molecule has 4 aromatic rings. The molecule has 0 aliphatic heterocycles. The Hall–Kier alpha value is -2.92. The molecule has 0 saturated carbocycles. The molecular formula is C21H19ClN4O. The van der Waals surface area contributed by atoms with Gasteiger partial charge in [-0.15, -0.1) is 0 Å². The minimum atomic E-state index is -0.223. The molecule has 2 heterocycles. The summed E-state index contributed by atoms with van der Waals surface area (Å²) in [5, 5.41) is 9.99. The normalized spacial score (nSPS) is 11.2. The lowest BCUT2D eigenvalue weighted by atomic mass is 10.1. The number of carbonyl (C=O) groups excluding carboxylic acids is 1. The minimum absolute atomic E-state index is 0.223. The van der Waals surface area contributed by atoms with Crippen molar-refractivity contribution in [2.45, 2.75) is 26.8 Å². The minimum Gasteiger partial charge on any atom is -0.305 e. The number of carbonyl (C=O) groups is 1. The van der Waals surface area contributed by atoms with E-state index in [2.05, 4.69) is 23.4 Å². The summed E-state index contributed by atoms with van der Waals surface area (Å²) in [6.45, 7) is 4.87. The lowest BCUT2D eigenvalue weighted by Crippen LogP contribution is -2.12. The molecule has 0 unspecified atom stereocenters. The standard InChI is InChI=1S/C21H19ClN4O/c1-3-10-26-20-17(12-15-11-13(2)4-9-18(15)23-20)19(25-26)24-21(27)14-5-7-16(22)8-6-14/h4-9,11-12H,3,10H2,1-2H3,(H,24,25,27). The summed E-state index contributed by atoms with van der Waals surface area (Å²) in [7, 11) is 0. The molecule has 0 aliphatic carbocycles. The number of nitrogens with one attached hydrogen (secondary N) is 1. The molecule has 0 atom stereocenters. The van der Waals surface area contributed by atoms with Gasteiger partial charge in [0.05, 0.1) is 10.9 Å². The van der Waals surface area contributed by atoms with E-state index in [4.69, 9.17) is 16.6 Å². The third-order valence-corrected chi connectivity index (χ3v) is 4.70. The SMILES string of the molecule is CCCn1nc(NC(=O)c2ccc(Cl)cc2)c2cc3cc(C)ccc3nc21. The van der Waals surface area contributed by atoms with E-state index in [1.54, 1.807) is 24.3 Å². The smallest absolute Gasteiger partial charge is 0.256 e. The van der Waals surface area contributed by atoms with Crippen LogP contribution in [-0.2, 0) is 6.54 Å². The van der Waals surface area contributed by atoms with E-state index in [0.29, 0.717) is 16.4 Å². The number of amides is 1. The summed E-state index contributed by atoms with van der Waals surface area (Å²) in [6.07, 6.45) is 0.926. The summed E-state index contributed by atoms with van der Waals surface area (Å²) in [6, 6.07) is 15.0. The third-order valence-electron chi connectivity index (χ3n) is 4.44. The Morgan fingerprint density at radius 2 is 1.93 bits per heavy atom. The molecule has 2 aromatic heterocycles. The van der Waals surface area contributed by atoms with Gasteiger partial charge in [0.25, 0.3) is 5.91 Å². The van der Waals surface area contributed by atoms with Crippen LogP contribution >= 0.6 is 11.6 Å². The first kappa shape index (κ1) is 17.5. The lowest BCUT2D eigenvalue weighted by Gasteiger charge is -2.04. The van der Waals surface area contributed by atoms with Gasteiger partial charge in [0, 0.05) is 22.5 Å². The highest BCUT2D eigenvalue weighted by Gasteiger charge is 2.16. The molecule has 5 nitrogen and oxygen atoms in total. The van der Waals surface area contributed by atoms with Crippen molar-refractivity contribution in [1.29, 1.82) is 0 Å². The molecule has 0 radical (unpaired) electrons. The Kier molecular flexibility index (Phi) is 4.54. The number of halogens is 1. The maximum absolute atomic E-state index is 12.6. The maximum atomic E-state index is 12.6. The van der Waals surface area contributed by atoms with Gasteiger partial charge < -0.3 is 5.32 Å². The van der Waals surface area contributed by atoms with Crippen molar-refractivity contribution in [2.24, 2.45) is 0 Å². The zero-order chi connectivity index (χ0) is 19.0. The summed E-state index contributed by atoms with van der Waals surface area (Å²) >= 11 is 5.91. The Bertz CT molecular complexity index is 1150. The number of hydrogen-bond acceptors (Lipinski definition) is 3. The second-order valence-electron chi connectivity index (χ2n) is 6.59. The van der Waals surface area contributed by atoms with Gasteiger partial charge >= 0.3 is 0 Å². The van der Waals surface area contributed by atoms with E-state index >= 15 is 0 Å². The molecule has 1 N–H and O–H groups in total. The first-order valence-corrected chi connectivity index (χ1v) is 9.28. The molecule has 4 rings (SSSR count). The van der Waals surface area contributed by atoms with Crippen molar-refractivity contribution >= 4 is 45.3 Å². The maximum Gasteiger partial charge on any atom is 0.256 e. The van der Waals surface area contributed by atoms with Crippen LogP contribution in [0.2, 0.25) is 5.02 Å².